The molecule has 2 aliphatic rings. The Labute approximate surface area is 723 Å². The Morgan fingerprint density at radius 1 is 0.336 bits per heavy atom. The zero-order valence-electron chi connectivity index (χ0n) is 71.0. The van der Waals surface area contributed by atoms with Crippen LogP contribution in [-0.4, -0.2) is 133 Å². The molecule has 122 heavy (non-hydrogen) atoms. The van der Waals surface area contributed by atoms with E-state index < -0.39 is 60.7 Å². The standard InChI is InChI=1S/2C47H56N2O9S3/c1-7-9-29-48(41-15-13-17-43(31-41)60(53,54)57-33-35(3)4)39-25-21-37(22-26-39)47(45-19-11-12-20-46(45)59(50,51)52)38-23-27-40(28-24-38)49(30-10-8-2)42-16-14-18-44(32-42)61(55,56)58-34-36(5)6;1-5-9-31-48(41-17-15-19-43(35-41)60(53,54)57-33-11-7-3)39-27-23-37(24-28-39)47(45-21-13-14-22-46(45)59(50,51)52)38-25-29-40(30-26-38)49(32-10-6-2)42-18-16-20-44(36-42)61(55,56)58-34-12-8-4/h11-28,31-32,35-36H,7-10,29-30,33-34H2,1-6H3;13-30,35-36H,5-12,31-34H2,1-4H3. The van der Waals surface area contributed by atoms with Gasteiger partial charge in [-0.15, -0.1) is 0 Å². The molecule has 0 saturated heterocycles. The number of hydrogen-bond acceptors (Lipinski definition) is 20. The van der Waals surface area contributed by atoms with E-state index in [0.717, 1.165) is 87.0 Å². The van der Waals surface area contributed by atoms with Crippen molar-refractivity contribution in [2.45, 2.75) is 176 Å². The van der Waals surface area contributed by atoms with Crippen molar-refractivity contribution in [2.75, 3.05) is 62.4 Å². The summed E-state index contributed by atoms with van der Waals surface area (Å²) in [6.45, 7) is 22.5. The largest absolute Gasteiger partial charge is 0.744 e. The van der Waals surface area contributed by atoms with Crippen LogP contribution >= 0.6 is 0 Å². The molecule has 0 fully saturated rings. The lowest BCUT2D eigenvalue weighted by Gasteiger charge is -2.26. The second-order valence-corrected chi connectivity index (χ2v) is 39.5. The first-order chi connectivity index (χ1) is 58.2. The Bertz CT molecular complexity index is 5920. The quantitative estimate of drug-likeness (QED) is 0.0149. The van der Waals surface area contributed by atoms with Crippen LogP contribution < -0.4 is 9.80 Å². The van der Waals surface area contributed by atoms with Crippen molar-refractivity contribution in [2.24, 2.45) is 11.8 Å². The van der Waals surface area contributed by atoms with Gasteiger partial charge in [0, 0.05) is 108 Å². The number of allylic oxidation sites excluding steroid dienone is 10. The third-order valence-electron chi connectivity index (χ3n) is 19.9. The van der Waals surface area contributed by atoms with Crippen molar-refractivity contribution in [3.05, 3.63) is 276 Å². The van der Waals surface area contributed by atoms with Crippen molar-refractivity contribution in [3.63, 3.8) is 0 Å². The lowest BCUT2D eigenvalue weighted by atomic mass is 9.90. The lowest BCUT2D eigenvalue weighted by molar-refractivity contribution is -0.440. The molecule has 0 amide bonds. The van der Waals surface area contributed by atoms with Crippen LogP contribution in [-0.2, 0) is 77.4 Å². The first kappa shape index (κ1) is 96.4. The Kier molecular flexibility index (Phi) is 35.4. The SMILES string of the molecule is CCCCN(c1ccc(C(=C2C=CC(=[N+](CCCC)c3cccc(S(=O)(=O)OCC(C)C)c3)C=C2)c2ccccc2S(=O)(=O)[O-])cc1)c1cccc(S(=O)(=O)OCC(C)C)c1.CCCCOS(=O)(=O)c1cccc(N(CCCC)c2ccc(C(=C3C=CC(=[N+](CCCC)c4cccc(S(=O)(=O)OCCCC)c4)C=C3)c3ccccc3S(=O)(=O)[O-])cc2)c1. The summed E-state index contributed by atoms with van der Waals surface area (Å²) in [6, 6.07) is 53.9. The van der Waals surface area contributed by atoms with Gasteiger partial charge in [-0.3, -0.25) is 16.7 Å². The molecule has 8 aromatic rings. The summed E-state index contributed by atoms with van der Waals surface area (Å²) in [5, 5.41) is 0. The van der Waals surface area contributed by atoms with Gasteiger partial charge in [0.2, 0.25) is 22.8 Å². The van der Waals surface area contributed by atoms with Gasteiger partial charge in [0.25, 0.3) is 40.5 Å². The van der Waals surface area contributed by atoms with Gasteiger partial charge in [-0.2, -0.15) is 42.8 Å². The Morgan fingerprint density at radius 3 is 0.967 bits per heavy atom. The average molecular weight is 1780 g/mol. The van der Waals surface area contributed by atoms with E-state index in [4.69, 9.17) is 16.7 Å². The molecule has 0 bridgehead atoms. The van der Waals surface area contributed by atoms with Crippen molar-refractivity contribution < 1.29 is 85.5 Å². The molecule has 2 aliphatic carbocycles. The summed E-state index contributed by atoms with van der Waals surface area (Å²) in [4.78, 5) is 3.59. The number of nitrogens with zero attached hydrogens (tertiary/aromatic N) is 4. The molecule has 10 rings (SSSR count). The molecule has 0 saturated carbocycles. The van der Waals surface area contributed by atoms with Crippen LogP contribution in [0.15, 0.2) is 283 Å². The maximum Gasteiger partial charge on any atom is 0.297 e. The molecular formula is C94H112N4O18S6. The number of unbranched alkanes of at least 4 members (excludes halogenated alkanes) is 6. The zero-order chi connectivity index (χ0) is 88.4. The van der Waals surface area contributed by atoms with E-state index in [1.807, 2.05) is 182 Å². The molecule has 0 N–H and O–H groups in total. The van der Waals surface area contributed by atoms with Crippen molar-refractivity contribution in [3.8, 4) is 0 Å². The molecule has 0 aliphatic heterocycles. The van der Waals surface area contributed by atoms with E-state index in [1.165, 1.54) is 48.5 Å². The summed E-state index contributed by atoms with van der Waals surface area (Å²) >= 11 is 0. The molecule has 0 unspecified atom stereocenters. The summed E-state index contributed by atoms with van der Waals surface area (Å²) in [7, 11) is -25.7. The first-order valence-electron chi connectivity index (χ1n) is 41.5. The molecule has 0 radical (unpaired) electrons. The predicted molar refractivity (Wildman–Crippen MR) is 481 cm³/mol. The van der Waals surface area contributed by atoms with Crippen LogP contribution in [0.2, 0.25) is 0 Å². The van der Waals surface area contributed by atoms with Crippen LogP contribution in [0.4, 0.5) is 34.1 Å². The topological polar surface area (TPSA) is 300 Å². The van der Waals surface area contributed by atoms with Crippen molar-refractivity contribution >= 4 is 117 Å². The molecule has 652 valence electrons. The van der Waals surface area contributed by atoms with Gasteiger partial charge in [-0.1, -0.05) is 193 Å². The molecule has 0 heterocycles. The predicted octanol–water partition coefficient (Wildman–Crippen LogP) is 19.8. The minimum atomic E-state index is -4.89. The van der Waals surface area contributed by atoms with Crippen LogP contribution in [0.3, 0.4) is 0 Å². The van der Waals surface area contributed by atoms with Gasteiger partial charge in [0.1, 0.15) is 43.1 Å². The smallest absolute Gasteiger partial charge is 0.297 e. The van der Waals surface area contributed by atoms with Gasteiger partial charge < -0.3 is 18.9 Å². The maximum absolute atomic E-state index is 13.1. The molecule has 8 aromatic carbocycles. The first-order valence-corrected chi connectivity index (χ1v) is 50.0. The van der Waals surface area contributed by atoms with Gasteiger partial charge in [0.05, 0.1) is 46.0 Å². The summed E-state index contributed by atoms with van der Waals surface area (Å²) in [5.74, 6) is 0.0637. The van der Waals surface area contributed by atoms with E-state index in [9.17, 15) is 59.6 Å². The summed E-state index contributed by atoms with van der Waals surface area (Å²) in [6.07, 6.45) is 24.8. The van der Waals surface area contributed by atoms with Crippen LogP contribution in [0, 0.1) is 11.8 Å². The highest BCUT2D eigenvalue weighted by Gasteiger charge is 2.29. The van der Waals surface area contributed by atoms with Crippen LogP contribution in [0.1, 0.15) is 169 Å². The molecule has 28 heteroatoms. The van der Waals surface area contributed by atoms with Crippen LogP contribution in [0.25, 0.3) is 11.1 Å². The number of anilines is 4. The highest BCUT2D eigenvalue weighted by molar-refractivity contribution is 7.88. The van der Waals surface area contributed by atoms with E-state index >= 15 is 0 Å². The number of rotatable bonds is 42. The molecule has 0 spiro atoms. The third kappa shape index (κ3) is 26.3. The molecular weight excluding hydrogens is 1670 g/mol. The average Bonchev–Trinajstić information content (AvgIpc) is 0.775. The van der Waals surface area contributed by atoms with Gasteiger partial charge in [-0.05, 0) is 180 Å². The minimum absolute atomic E-state index is 0.0318. The monoisotopic (exact) mass is 1780 g/mol. The second-order valence-electron chi connectivity index (χ2n) is 30.4. The van der Waals surface area contributed by atoms with Crippen molar-refractivity contribution in [1.82, 2.24) is 0 Å². The lowest BCUT2D eigenvalue weighted by Crippen LogP contribution is -2.19. The van der Waals surface area contributed by atoms with E-state index in [0.29, 0.717) is 95.2 Å². The maximum atomic E-state index is 13.1. The Hall–Kier alpha value is -9.40. The van der Waals surface area contributed by atoms with E-state index in [1.54, 1.807) is 72.8 Å². The molecule has 0 atom stereocenters. The van der Waals surface area contributed by atoms with Crippen molar-refractivity contribution in [1.29, 1.82) is 0 Å². The minimum Gasteiger partial charge on any atom is -0.744 e. The number of hydrogen-bond donors (Lipinski definition) is 0. The zero-order valence-corrected chi connectivity index (χ0v) is 75.9. The number of benzene rings is 8. The second kappa shape index (κ2) is 44.8. The van der Waals surface area contributed by atoms with Crippen LogP contribution in [0.5, 0.6) is 0 Å². The molecule has 0 aromatic heterocycles. The Balaban J connectivity index is 0.000000277. The highest BCUT2D eigenvalue weighted by Crippen LogP contribution is 2.40. The summed E-state index contributed by atoms with van der Waals surface area (Å²) in [5.41, 5.74) is 9.87. The van der Waals surface area contributed by atoms with Gasteiger partial charge in [0.15, 0.2) is 0 Å². The normalized spacial score (nSPS) is 13.2. The van der Waals surface area contributed by atoms with Gasteiger partial charge >= 0.3 is 0 Å². The fraction of sp³-hybridized carbons (Fsp3) is 0.340. The summed E-state index contributed by atoms with van der Waals surface area (Å²) < 4.78 is 206. The van der Waals surface area contributed by atoms with E-state index in [-0.39, 0.29) is 78.8 Å². The highest BCUT2D eigenvalue weighted by atomic mass is 32.2. The fourth-order valence-corrected chi connectivity index (χ4v) is 19.0. The fourth-order valence-electron chi connectivity index (χ4n) is 13.4. The third-order valence-corrected chi connectivity index (χ3v) is 26.9. The molecule has 22 nitrogen and oxygen atoms in total. The Morgan fingerprint density at radius 2 is 0.648 bits per heavy atom. The van der Waals surface area contributed by atoms with E-state index in [2.05, 4.69) is 27.7 Å². The van der Waals surface area contributed by atoms with Gasteiger partial charge in [-0.25, -0.2) is 16.8 Å².